The van der Waals surface area contributed by atoms with Gasteiger partial charge < -0.3 is 14.8 Å². The number of benzene rings is 2. The van der Waals surface area contributed by atoms with Crippen LogP contribution in [0.25, 0.3) is 0 Å². The molecule has 0 radical (unpaired) electrons. The molecular formula is C23H25N3O5S. The Labute approximate surface area is 191 Å². The van der Waals surface area contributed by atoms with Crippen molar-refractivity contribution in [3.8, 4) is 5.75 Å². The summed E-state index contributed by atoms with van der Waals surface area (Å²) >= 11 is 1.24. The Balaban J connectivity index is 1.61. The minimum absolute atomic E-state index is 0.0296. The molecule has 1 saturated heterocycles. The zero-order valence-electron chi connectivity index (χ0n) is 18.2. The van der Waals surface area contributed by atoms with Gasteiger partial charge in [-0.25, -0.2) is 9.79 Å². The SMILES string of the molecule is CCOC(=O)c1ccc(N=C2S[C@@H](CC(=O)Nc3ccc(OCC)cc3)C(=O)N2C)cc1. The van der Waals surface area contributed by atoms with E-state index in [4.69, 9.17) is 9.47 Å². The molecule has 0 aromatic heterocycles. The summed E-state index contributed by atoms with van der Waals surface area (Å²) in [7, 11) is 1.63. The predicted octanol–water partition coefficient (Wildman–Crippen LogP) is 3.85. The molecule has 0 spiro atoms. The maximum absolute atomic E-state index is 12.6. The summed E-state index contributed by atoms with van der Waals surface area (Å²) in [4.78, 5) is 42.7. The van der Waals surface area contributed by atoms with Crippen molar-refractivity contribution in [1.82, 2.24) is 4.90 Å². The minimum Gasteiger partial charge on any atom is -0.494 e. The average molecular weight is 456 g/mol. The Hall–Kier alpha value is -3.33. The Morgan fingerprint density at radius 3 is 2.38 bits per heavy atom. The number of hydrogen-bond acceptors (Lipinski definition) is 7. The fourth-order valence-electron chi connectivity index (χ4n) is 2.98. The third-order valence-corrected chi connectivity index (χ3v) is 5.79. The lowest BCUT2D eigenvalue weighted by molar-refractivity contribution is -0.127. The number of thioether (sulfide) groups is 1. The molecule has 0 saturated carbocycles. The van der Waals surface area contributed by atoms with E-state index >= 15 is 0 Å². The summed E-state index contributed by atoms with van der Waals surface area (Å²) in [5, 5.41) is 2.75. The van der Waals surface area contributed by atoms with Gasteiger partial charge in [-0.3, -0.25) is 14.5 Å². The smallest absolute Gasteiger partial charge is 0.338 e. The van der Waals surface area contributed by atoms with E-state index in [1.54, 1.807) is 62.5 Å². The number of nitrogens with zero attached hydrogens (tertiary/aromatic N) is 2. The van der Waals surface area contributed by atoms with Crippen molar-refractivity contribution in [2.24, 2.45) is 4.99 Å². The van der Waals surface area contributed by atoms with Gasteiger partial charge in [0, 0.05) is 19.2 Å². The van der Waals surface area contributed by atoms with Gasteiger partial charge in [0.15, 0.2) is 5.17 Å². The van der Waals surface area contributed by atoms with Crippen molar-refractivity contribution in [3.63, 3.8) is 0 Å². The Morgan fingerprint density at radius 2 is 1.75 bits per heavy atom. The summed E-state index contributed by atoms with van der Waals surface area (Å²) in [6.07, 6.45) is 0.0296. The van der Waals surface area contributed by atoms with E-state index in [-0.39, 0.29) is 18.2 Å². The number of amidine groups is 1. The molecule has 9 heteroatoms. The molecule has 32 heavy (non-hydrogen) atoms. The second kappa shape index (κ2) is 10.8. The third kappa shape index (κ3) is 5.88. The van der Waals surface area contributed by atoms with Crippen molar-refractivity contribution in [2.75, 3.05) is 25.6 Å². The standard InChI is InChI=1S/C23H25N3O5S/c1-4-30-18-12-10-16(11-13-18)24-20(27)14-19-21(28)26(3)23(32-19)25-17-8-6-15(7-9-17)22(29)31-5-2/h6-13,19H,4-5,14H2,1-3H3,(H,24,27)/t19-/m0/s1. The monoisotopic (exact) mass is 455 g/mol. The van der Waals surface area contributed by atoms with Gasteiger partial charge in [-0.15, -0.1) is 0 Å². The van der Waals surface area contributed by atoms with Crippen LogP contribution in [0.1, 0.15) is 30.6 Å². The lowest BCUT2D eigenvalue weighted by Crippen LogP contribution is -2.30. The summed E-state index contributed by atoms with van der Waals surface area (Å²) in [6, 6.07) is 13.7. The van der Waals surface area contributed by atoms with Crippen LogP contribution in [0.2, 0.25) is 0 Å². The molecular weight excluding hydrogens is 430 g/mol. The van der Waals surface area contributed by atoms with E-state index in [2.05, 4.69) is 10.3 Å². The Bertz CT molecular complexity index is 1010. The van der Waals surface area contributed by atoms with Gasteiger partial charge in [0.25, 0.3) is 0 Å². The normalized spacial score (nSPS) is 16.8. The zero-order chi connectivity index (χ0) is 23.1. The van der Waals surface area contributed by atoms with Crippen LogP contribution in [0.5, 0.6) is 5.75 Å². The van der Waals surface area contributed by atoms with Crippen LogP contribution in [0.15, 0.2) is 53.5 Å². The number of hydrogen-bond donors (Lipinski definition) is 1. The third-order valence-electron chi connectivity index (χ3n) is 4.56. The maximum atomic E-state index is 12.6. The van der Waals surface area contributed by atoms with Gasteiger partial charge in [0.1, 0.15) is 11.0 Å². The second-order valence-corrected chi connectivity index (χ2v) is 8.05. The molecule has 2 aromatic rings. The molecule has 3 rings (SSSR count). The zero-order valence-corrected chi connectivity index (χ0v) is 19.0. The van der Waals surface area contributed by atoms with Crippen molar-refractivity contribution in [3.05, 3.63) is 54.1 Å². The van der Waals surface area contributed by atoms with E-state index in [0.29, 0.717) is 35.3 Å². The van der Waals surface area contributed by atoms with Crippen LogP contribution in [0.4, 0.5) is 11.4 Å². The number of esters is 1. The Morgan fingerprint density at radius 1 is 1.06 bits per heavy atom. The largest absolute Gasteiger partial charge is 0.494 e. The molecule has 1 N–H and O–H groups in total. The fourth-order valence-corrected chi connectivity index (χ4v) is 4.13. The molecule has 2 amide bonds. The lowest BCUT2D eigenvalue weighted by atomic mass is 10.2. The maximum Gasteiger partial charge on any atom is 0.338 e. The molecule has 0 unspecified atom stereocenters. The number of amides is 2. The first-order valence-corrected chi connectivity index (χ1v) is 11.1. The van der Waals surface area contributed by atoms with Gasteiger partial charge in [-0.1, -0.05) is 11.8 Å². The molecule has 0 bridgehead atoms. The van der Waals surface area contributed by atoms with Crippen LogP contribution in [-0.2, 0) is 14.3 Å². The van der Waals surface area contributed by atoms with E-state index in [9.17, 15) is 14.4 Å². The van der Waals surface area contributed by atoms with Gasteiger partial charge in [0.05, 0.1) is 24.5 Å². The summed E-state index contributed by atoms with van der Waals surface area (Å²) in [6.45, 7) is 4.52. The first-order valence-electron chi connectivity index (χ1n) is 10.2. The molecule has 1 atom stereocenters. The highest BCUT2D eigenvalue weighted by atomic mass is 32.2. The average Bonchev–Trinajstić information content (AvgIpc) is 3.03. The molecule has 0 aliphatic carbocycles. The van der Waals surface area contributed by atoms with Crippen molar-refractivity contribution < 1.29 is 23.9 Å². The highest BCUT2D eigenvalue weighted by molar-refractivity contribution is 8.15. The van der Waals surface area contributed by atoms with Crippen LogP contribution >= 0.6 is 11.8 Å². The summed E-state index contributed by atoms with van der Waals surface area (Å²) < 4.78 is 10.4. The van der Waals surface area contributed by atoms with E-state index < -0.39 is 11.2 Å². The van der Waals surface area contributed by atoms with Gasteiger partial charge >= 0.3 is 5.97 Å². The highest BCUT2D eigenvalue weighted by Gasteiger charge is 2.37. The topological polar surface area (TPSA) is 97.3 Å². The molecule has 1 aliphatic heterocycles. The first-order chi connectivity index (χ1) is 15.4. The Kier molecular flexibility index (Phi) is 7.88. The predicted molar refractivity (Wildman–Crippen MR) is 125 cm³/mol. The highest BCUT2D eigenvalue weighted by Crippen LogP contribution is 2.31. The number of ether oxygens (including phenoxy) is 2. The van der Waals surface area contributed by atoms with Crippen LogP contribution in [0, 0.1) is 0 Å². The molecule has 168 valence electrons. The number of carbonyl (C=O) groups is 3. The van der Waals surface area contributed by atoms with E-state index in [1.165, 1.54) is 16.7 Å². The number of aliphatic imine (C=N–C) groups is 1. The van der Waals surface area contributed by atoms with E-state index in [1.807, 2.05) is 6.92 Å². The van der Waals surface area contributed by atoms with Crippen LogP contribution in [-0.4, -0.2) is 53.4 Å². The second-order valence-electron chi connectivity index (χ2n) is 6.88. The van der Waals surface area contributed by atoms with Crippen LogP contribution in [0.3, 0.4) is 0 Å². The van der Waals surface area contributed by atoms with Crippen molar-refractivity contribution in [1.29, 1.82) is 0 Å². The van der Waals surface area contributed by atoms with Gasteiger partial charge in [-0.05, 0) is 62.4 Å². The fraction of sp³-hybridized carbons (Fsp3) is 0.304. The first kappa shape index (κ1) is 23.3. The van der Waals surface area contributed by atoms with Gasteiger partial charge in [0.2, 0.25) is 11.8 Å². The number of rotatable bonds is 8. The summed E-state index contributed by atoms with van der Waals surface area (Å²) in [5.41, 5.74) is 1.67. The van der Waals surface area contributed by atoms with E-state index in [0.717, 1.165) is 5.75 Å². The molecule has 1 fully saturated rings. The summed E-state index contributed by atoms with van der Waals surface area (Å²) in [5.74, 6) is -0.107. The molecule has 2 aromatic carbocycles. The van der Waals surface area contributed by atoms with Crippen molar-refractivity contribution >= 4 is 46.1 Å². The van der Waals surface area contributed by atoms with Gasteiger partial charge in [-0.2, -0.15) is 0 Å². The lowest BCUT2D eigenvalue weighted by Gasteiger charge is -2.10. The quantitative estimate of drug-likeness (QED) is 0.607. The number of anilines is 1. The van der Waals surface area contributed by atoms with Crippen LogP contribution < -0.4 is 10.1 Å². The number of nitrogens with one attached hydrogen (secondary N) is 1. The molecule has 8 nitrogen and oxygen atoms in total. The molecule has 1 aliphatic rings. The van der Waals surface area contributed by atoms with Crippen molar-refractivity contribution in [2.45, 2.75) is 25.5 Å². The number of carbonyl (C=O) groups excluding carboxylic acids is 3. The minimum atomic E-state index is -0.555. The molecule has 1 heterocycles.